The van der Waals surface area contributed by atoms with E-state index in [1.54, 1.807) is 7.11 Å². The molecule has 0 aliphatic carbocycles. The Morgan fingerprint density at radius 2 is 1.93 bits per heavy atom. The van der Waals surface area contributed by atoms with Crippen LogP contribution in [-0.4, -0.2) is 32.7 Å². The van der Waals surface area contributed by atoms with Crippen molar-refractivity contribution in [2.75, 3.05) is 32.1 Å². The predicted molar refractivity (Wildman–Crippen MR) is 107 cm³/mol. The fourth-order valence-electron chi connectivity index (χ4n) is 4.21. The molecule has 1 amide bonds. The average Bonchev–Trinajstić information content (AvgIpc) is 2.92. The zero-order valence-electron chi connectivity index (χ0n) is 15.8. The topological polar surface area (TPSA) is 62.4 Å². The maximum atomic E-state index is 11.9. The summed E-state index contributed by atoms with van der Waals surface area (Å²) in [5.74, 6) is 1.98. The molecule has 5 nitrogen and oxygen atoms in total. The van der Waals surface area contributed by atoms with E-state index in [0.717, 1.165) is 55.0 Å². The van der Waals surface area contributed by atoms with Gasteiger partial charge in [0.25, 0.3) is 5.91 Å². The Bertz CT molecular complexity index is 804. The summed E-state index contributed by atoms with van der Waals surface area (Å²) in [4.78, 5) is 11.9. The van der Waals surface area contributed by atoms with Crippen LogP contribution in [0, 0.1) is 5.92 Å². The first kappa shape index (κ1) is 17.9. The first-order valence-corrected chi connectivity index (χ1v) is 9.74. The lowest BCUT2D eigenvalue weighted by atomic mass is 9.82. The number of ether oxygens (including phenoxy) is 1. The molecular weight excluding hydrogens is 338 g/mol. The monoisotopic (exact) mass is 365 g/mol. The summed E-state index contributed by atoms with van der Waals surface area (Å²) in [5.41, 5.74) is 4.28. The highest BCUT2D eigenvalue weighted by Crippen LogP contribution is 2.33. The Kier molecular flexibility index (Phi) is 5.30. The van der Waals surface area contributed by atoms with Crippen LogP contribution in [-0.2, 0) is 6.54 Å². The summed E-state index contributed by atoms with van der Waals surface area (Å²) >= 11 is 0. The normalized spacial score (nSPS) is 21.9. The fourth-order valence-corrected chi connectivity index (χ4v) is 4.21. The number of benzene rings is 2. The molecule has 0 bridgehead atoms. The highest BCUT2D eigenvalue weighted by molar-refractivity contribution is 5.99. The van der Waals surface area contributed by atoms with E-state index in [4.69, 9.17) is 4.74 Å². The van der Waals surface area contributed by atoms with E-state index in [1.807, 2.05) is 12.1 Å². The van der Waals surface area contributed by atoms with E-state index in [9.17, 15) is 4.79 Å². The molecule has 2 heterocycles. The summed E-state index contributed by atoms with van der Waals surface area (Å²) in [5, 5.41) is 9.99. The predicted octanol–water partition coefficient (Wildman–Crippen LogP) is 3.13. The number of rotatable bonds is 5. The quantitative estimate of drug-likeness (QED) is 0.762. The molecule has 1 saturated heterocycles. The van der Waals surface area contributed by atoms with Gasteiger partial charge in [-0.1, -0.05) is 18.2 Å². The second kappa shape index (κ2) is 8.01. The molecule has 2 aromatic rings. The number of hydrogen-bond acceptors (Lipinski definition) is 4. The molecule has 0 spiro atoms. The molecule has 5 heteroatoms. The Morgan fingerprint density at radius 3 is 2.74 bits per heavy atom. The van der Waals surface area contributed by atoms with Gasteiger partial charge >= 0.3 is 0 Å². The van der Waals surface area contributed by atoms with Crippen LogP contribution in [0.15, 0.2) is 42.5 Å². The van der Waals surface area contributed by atoms with E-state index in [-0.39, 0.29) is 5.91 Å². The maximum Gasteiger partial charge on any atom is 0.251 e. The lowest BCUT2D eigenvalue weighted by molar-refractivity contribution is 0.0966. The molecule has 1 fully saturated rings. The SMILES string of the molecule is COc1ccc([C@H]2CCNCC[C@@H]2CNc2ccc3c(c2)C(=O)NC3)cc1. The standard InChI is InChI=1S/C22H27N3O2/c1-27-19-6-3-15(4-7-19)20-9-11-23-10-8-17(20)13-24-18-5-2-16-14-25-22(26)21(16)12-18/h2-7,12,17,20,23-24H,8-11,13-14H2,1H3,(H,25,26)/t17-,20-/m1/s1. The molecular formula is C22H27N3O2. The second-order valence-electron chi connectivity index (χ2n) is 7.40. The van der Waals surface area contributed by atoms with Gasteiger partial charge in [-0.25, -0.2) is 0 Å². The molecule has 2 aromatic carbocycles. The van der Waals surface area contributed by atoms with Crippen molar-refractivity contribution in [1.29, 1.82) is 0 Å². The molecule has 27 heavy (non-hydrogen) atoms. The molecule has 0 saturated carbocycles. The molecule has 0 unspecified atom stereocenters. The van der Waals surface area contributed by atoms with Crippen molar-refractivity contribution in [3.8, 4) is 5.75 Å². The minimum absolute atomic E-state index is 0.0309. The van der Waals surface area contributed by atoms with Gasteiger partial charge in [-0.15, -0.1) is 0 Å². The summed E-state index contributed by atoms with van der Waals surface area (Å²) in [6.45, 7) is 3.64. The third-order valence-corrected chi connectivity index (χ3v) is 5.80. The van der Waals surface area contributed by atoms with Gasteiger partial charge in [0.2, 0.25) is 0 Å². The van der Waals surface area contributed by atoms with Crippen LogP contribution in [0.3, 0.4) is 0 Å². The Labute approximate surface area is 160 Å². The third kappa shape index (κ3) is 3.93. The summed E-state index contributed by atoms with van der Waals surface area (Å²) in [6, 6.07) is 14.6. The molecule has 3 N–H and O–H groups in total. The summed E-state index contributed by atoms with van der Waals surface area (Å²) in [7, 11) is 1.70. The number of carbonyl (C=O) groups excluding carboxylic acids is 1. The fraction of sp³-hybridized carbons (Fsp3) is 0.409. The second-order valence-corrected chi connectivity index (χ2v) is 7.40. The Balaban J connectivity index is 1.48. The number of fused-ring (bicyclic) bond motifs is 1. The molecule has 2 aliphatic rings. The highest BCUT2D eigenvalue weighted by atomic mass is 16.5. The van der Waals surface area contributed by atoms with Gasteiger partial charge in [0.15, 0.2) is 0 Å². The van der Waals surface area contributed by atoms with Gasteiger partial charge in [0.05, 0.1) is 7.11 Å². The molecule has 2 atom stereocenters. The molecule has 0 radical (unpaired) electrons. The number of nitrogens with one attached hydrogen (secondary N) is 3. The van der Waals surface area contributed by atoms with Crippen molar-refractivity contribution in [2.24, 2.45) is 5.92 Å². The Hall–Kier alpha value is -2.53. The number of methoxy groups -OCH3 is 1. The van der Waals surface area contributed by atoms with Gasteiger partial charge in [-0.3, -0.25) is 4.79 Å². The smallest absolute Gasteiger partial charge is 0.251 e. The first-order valence-electron chi connectivity index (χ1n) is 9.74. The number of amides is 1. The van der Waals surface area contributed by atoms with Gasteiger partial charge in [0.1, 0.15) is 5.75 Å². The van der Waals surface area contributed by atoms with Gasteiger partial charge in [0, 0.05) is 24.3 Å². The Morgan fingerprint density at radius 1 is 1.11 bits per heavy atom. The van der Waals surface area contributed by atoms with Crippen LogP contribution in [0.1, 0.15) is 40.2 Å². The zero-order valence-corrected chi connectivity index (χ0v) is 15.8. The minimum Gasteiger partial charge on any atom is -0.497 e. The largest absolute Gasteiger partial charge is 0.497 e. The number of anilines is 1. The van der Waals surface area contributed by atoms with Crippen molar-refractivity contribution in [3.05, 3.63) is 59.2 Å². The first-order chi connectivity index (χ1) is 13.2. The van der Waals surface area contributed by atoms with Crippen molar-refractivity contribution < 1.29 is 9.53 Å². The minimum atomic E-state index is 0.0309. The number of hydrogen-bond donors (Lipinski definition) is 3. The zero-order chi connectivity index (χ0) is 18.6. The van der Waals surface area contributed by atoms with Gasteiger partial charge < -0.3 is 20.7 Å². The van der Waals surface area contributed by atoms with Gasteiger partial charge in [-0.05, 0) is 73.2 Å². The lowest BCUT2D eigenvalue weighted by Crippen LogP contribution is -2.22. The molecule has 142 valence electrons. The van der Waals surface area contributed by atoms with Crippen molar-refractivity contribution in [3.63, 3.8) is 0 Å². The van der Waals surface area contributed by atoms with Crippen molar-refractivity contribution >= 4 is 11.6 Å². The van der Waals surface area contributed by atoms with E-state index in [1.165, 1.54) is 5.56 Å². The molecule has 0 aromatic heterocycles. The third-order valence-electron chi connectivity index (χ3n) is 5.80. The highest BCUT2D eigenvalue weighted by Gasteiger charge is 2.25. The van der Waals surface area contributed by atoms with Crippen LogP contribution < -0.4 is 20.7 Å². The van der Waals surface area contributed by atoms with E-state index >= 15 is 0 Å². The van der Waals surface area contributed by atoms with Crippen LogP contribution in [0.25, 0.3) is 0 Å². The maximum absolute atomic E-state index is 11.9. The average molecular weight is 365 g/mol. The van der Waals surface area contributed by atoms with Crippen LogP contribution in [0.4, 0.5) is 5.69 Å². The van der Waals surface area contributed by atoms with Crippen molar-refractivity contribution in [1.82, 2.24) is 10.6 Å². The van der Waals surface area contributed by atoms with Gasteiger partial charge in [-0.2, -0.15) is 0 Å². The van der Waals surface area contributed by atoms with E-state index in [2.05, 4.69) is 46.3 Å². The summed E-state index contributed by atoms with van der Waals surface area (Å²) < 4.78 is 5.30. The van der Waals surface area contributed by atoms with Crippen molar-refractivity contribution in [2.45, 2.75) is 25.3 Å². The van der Waals surface area contributed by atoms with E-state index in [0.29, 0.717) is 18.4 Å². The molecule has 2 aliphatic heterocycles. The lowest BCUT2D eigenvalue weighted by Gasteiger charge is -2.26. The van der Waals surface area contributed by atoms with Crippen LogP contribution in [0.5, 0.6) is 5.75 Å². The van der Waals surface area contributed by atoms with Crippen LogP contribution >= 0.6 is 0 Å². The molecule has 4 rings (SSSR count). The number of carbonyl (C=O) groups is 1. The van der Waals surface area contributed by atoms with E-state index < -0.39 is 0 Å². The summed E-state index contributed by atoms with van der Waals surface area (Å²) in [6.07, 6.45) is 2.26. The van der Waals surface area contributed by atoms with Crippen LogP contribution in [0.2, 0.25) is 0 Å².